The third kappa shape index (κ3) is 2.65. The van der Waals surface area contributed by atoms with Gasteiger partial charge < -0.3 is 9.80 Å². The highest BCUT2D eigenvalue weighted by Gasteiger charge is 2.19. The van der Waals surface area contributed by atoms with Crippen molar-refractivity contribution in [3.05, 3.63) is 42.1 Å². The first kappa shape index (κ1) is 13.1. The molecule has 0 saturated carbocycles. The largest absolute Gasteiger partial charge is 0.336 e. The van der Waals surface area contributed by atoms with Gasteiger partial charge >= 0.3 is 0 Å². The number of hydrogen-bond donors (Lipinski definition) is 0. The number of pyridine rings is 1. The fourth-order valence-corrected chi connectivity index (χ4v) is 2.60. The maximum atomic E-state index is 12.5. The predicted molar refractivity (Wildman–Crippen MR) is 79.8 cm³/mol. The van der Waals surface area contributed by atoms with Crippen LogP contribution in [-0.2, 0) is 0 Å². The lowest BCUT2D eigenvalue weighted by Gasteiger charge is -2.20. The molecule has 2 aromatic rings. The van der Waals surface area contributed by atoms with E-state index in [0.29, 0.717) is 5.69 Å². The smallest absolute Gasteiger partial charge is 0.272 e. The van der Waals surface area contributed by atoms with Crippen molar-refractivity contribution in [3.63, 3.8) is 0 Å². The second-order valence-corrected chi connectivity index (χ2v) is 5.34. The molecule has 0 radical (unpaired) electrons. The zero-order valence-corrected chi connectivity index (χ0v) is 11.7. The molecule has 1 aliphatic rings. The quantitative estimate of drug-likeness (QED) is 0.794. The molecule has 104 valence electrons. The molecule has 4 heteroatoms. The number of likely N-dealkylation sites (N-methyl/N-ethyl adjacent to an activating group) is 1. The van der Waals surface area contributed by atoms with E-state index >= 15 is 0 Å². The normalized spacial score (nSPS) is 17.1. The van der Waals surface area contributed by atoms with Crippen molar-refractivity contribution in [1.29, 1.82) is 0 Å². The van der Waals surface area contributed by atoms with E-state index in [0.717, 1.165) is 43.5 Å². The molecule has 1 aromatic heterocycles. The molecule has 4 nitrogen and oxygen atoms in total. The second-order valence-electron chi connectivity index (χ2n) is 5.34. The summed E-state index contributed by atoms with van der Waals surface area (Å²) in [6.45, 7) is 3.58. The van der Waals surface area contributed by atoms with Crippen LogP contribution in [0.15, 0.2) is 36.4 Å². The zero-order chi connectivity index (χ0) is 13.9. The van der Waals surface area contributed by atoms with Gasteiger partial charge in [0, 0.05) is 25.0 Å². The van der Waals surface area contributed by atoms with Gasteiger partial charge in [-0.3, -0.25) is 4.79 Å². The van der Waals surface area contributed by atoms with Crippen molar-refractivity contribution >= 4 is 16.8 Å². The number of rotatable bonds is 1. The standard InChI is InChI=1S/C16H19N3O/c1-18-9-4-10-19(12-11-18)16(20)15-8-7-13-5-2-3-6-14(13)17-15/h2-3,5-8H,4,9-12H2,1H3. The highest BCUT2D eigenvalue weighted by atomic mass is 16.2. The summed E-state index contributed by atoms with van der Waals surface area (Å²) in [4.78, 5) is 21.2. The first-order chi connectivity index (χ1) is 9.74. The molecule has 0 bridgehead atoms. The number of carbonyl (C=O) groups is 1. The fourth-order valence-electron chi connectivity index (χ4n) is 2.60. The summed E-state index contributed by atoms with van der Waals surface area (Å²) in [5, 5.41) is 1.07. The van der Waals surface area contributed by atoms with E-state index < -0.39 is 0 Å². The van der Waals surface area contributed by atoms with E-state index in [4.69, 9.17) is 0 Å². The Hall–Kier alpha value is -1.94. The number of nitrogens with zero attached hydrogens (tertiary/aromatic N) is 3. The highest BCUT2D eigenvalue weighted by Crippen LogP contribution is 2.14. The number of hydrogen-bond acceptors (Lipinski definition) is 3. The summed E-state index contributed by atoms with van der Waals surface area (Å²) < 4.78 is 0. The van der Waals surface area contributed by atoms with Gasteiger partial charge in [-0.25, -0.2) is 4.98 Å². The second kappa shape index (κ2) is 5.59. The van der Waals surface area contributed by atoms with E-state index in [1.54, 1.807) is 0 Å². The monoisotopic (exact) mass is 269 g/mol. The van der Waals surface area contributed by atoms with Crippen LogP contribution in [0.25, 0.3) is 10.9 Å². The summed E-state index contributed by atoms with van der Waals surface area (Å²) in [5.41, 5.74) is 1.43. The lowest BCUT2D eigenvalue weighted by molar-refractivity contribution is 0.0757. The average Bonchev–Trinajstić information content (AvgIpc) is 2.71. The van der Waals surface area contributed by atoms with Crippen molar-refractivity contribution < 1.29 is 4.79 Å². The molecule has 1 fully saturated rings. The number of amides is 1. The van der Waals surface area contributed by atoms with Gasteiger partial charge in [0.2, 0.25) is 0 Å². The van der Waals surface area contributed by atoms with Crippen molar-refractivity contribution in [2.24, 2.45) is 0 Å². The number of para-hydroxylation sites is 1. The number of fused-ring (bicyclic) bond motifs is 1. The number of carbonyl (C=O) groups excluding carboxylic acids is 1. The molecule has 0 N–H and O–H groups in total. The van der Waals surface area contributed by atoms with Crippen LogP contribution < -0.4 is 0 Å². The van der Waals surface area contributed by atoms with Crippen molar-refractivity contribution in [3.8, 4) is 0 Å². The van der Waals surface area contributed by atoms with Crippen LogP contribution in [0.3, 0.4) is 0 Å². The van der Waals surface area contributed by atoms with Crippen LogP contribution in [0.4, 0.5) is 0 Å². The third-order valence-electron chi connectivity index (χ3n) is 3.82. The average molecular weight is 269 g/mol. The fraction of sp³-hybridized carbons (Fsp3) is 0.375. The minimum atomic E-state index is 0.0473. The Bertz CT molecular complexity index is 626. The molecule has 1 aliphatic heterocycles. The van der Waals surface area contributed by atoms with Crippen molar-refractivity contribution in [1.82, 2.24) is 14.8 Å². The molecule has 1 amide bonds. The predicted octanol–water partition coefficient (Wildman–Crippen LogP) is 2.01. The Balaban J connectivity index is 1.84. The molecule has 3 rings (SSSR count). The van der Waals surface area contributed by atoms with Crippen LogP contribution in [0.2, 0.25) is 0 Å². The van der Waals surface area contributed by atoms with Crippen molar-refractivity contribution in [2.45, 2.75) is 6.42 Å². The van der Waals surface area contributed by atoms with Gasteiger partial charge in [-0.15, -0.1) is 0 Å². The highest BCUT2D eigenvalue weighted by molar-refractivity contribution is 5.94. The van der Waals surface area contributed by atoms with Crippen LogP contribution in [0.1, 0.15) is 16.9 Å². The molecule has 0 unspecified atom stereocenters. The topological polar surface area (TPSA) is 36.4 Å². The SMILES string of the molecule is CN1CCCN(C(=O)c2ccc3ccccc3n2)CC1. The van der Waals surface area contributed by atoms with Crippen LogP contribution in [0, 0.1) is 0 Å². The van der Waals surface area contributed by atoms with Gasteiger partial charge in [0.05, 0.1) is 5.52 Å². The summed E-state index contributed by atoms with van der Waals surface area (Å²) in [7, 11) is 2.10. The molecule has 0 aliphatic carbocycles. The van der Waals surface area contributed by atoms with Gasteiger partial charge in [-0.1, -0.05) is 24.3 Å². The van der Waals surface area contributed by atoms with E-state index in [2.05, 4.69) is 16.9 Å². The Morgan fingerprint density at radius 3 is 2.80 bits per heavy atom. The van der Waals surface area contributed by atoms with Crippen LogP contribution in [0.5, 0.6) is 0 Å². The van der Waals surface area contributed by atoms with Gasteiger partial charge in [0.1, 0.15) is 5.69 Å². The Morgan fingerprint density at radius 2 is 1.90 bits per heavy atom. The Labute approximate surface area is 119 Å². The third-order valence-corrected chi connectivity index (χ3v) is 3.82. The first-order valence-electron chi connectivity index (χ1n) is 7.08. The molecule has 0 atom stereocenters. The number of aromatic nitrogens is 1. The van der Waals surface area contributed by atoms with Gasteiger partial charge in [-0.05, 0) is 32.1 Å². The summed E-state index contributed by atoms with van der Waals surface area (Å²) in [6.07, 6.45) is 1.02. The lowest BCUT2D eigenvalue weighted by atomic mass is 10.2. The Morgan fingerprint density at radius 1 is 1.05 bits per heavy atom. The van der Waals surface area contributed by atoms with Crippen LogP contribution >= 0.6 is 0 Å². The lowest BCUT2D eigenvalue weighted by Crippen LogP contribution is -2.34. The summed E-state index contributed by atoms with van der Waals surface area (Å²) in [5.74, 6) is 0.0473. The van der Waals surface area contributed by atoms with Crippen LogP contribution in [-0.4, -0.2) is 53.9 Å². The molecular formula is C16H19N3O. The van der Waals surface area contributed by atoms with Gasteiger partial charge in [-0.2, -0.15) is 0 Å². The Kier molecular flexibility index (Phi) is 3.65. The molecule has 2 heterocycles. The van der Waals surface area contributed by atoms with Gasteiger partial charge in [0.15, 0.2) is 0 Å². The number of benzene rings is 1. The van der Waals surface area contributed by atoms with E-state index in [1.165, 1.54) is 0 Å². The molecule has 0 spiro atoms. The summed E-state index contributed by atoms with van der Waals surface area (Å²) in [6, 6.07) is 11.7. The van der Waals surface area contributed by atoms with E-state index in [9.17, 15) is 4.79 Å². The maximum Gasteiger partial charge on any atom is 0.272 e. The minimum Gasteiger partial charge on any atom is -0.336 e. The molecule has 1 aromatic carbocycles. The van der Waals surface area contributed by atoms with E-state index in [-0.39, 0.29) is 5.91 Å². The van der Waals surface area contributed by atoms with E-state index in [1.807, 2.05) is 41.3 Å². The molecule has 1 saturated heterocycles. The zero-order valence-electron chi connectivity index (χ0n) is 11.7. The van der Waals surface area contributed by atoms with Crippen molar-refractivity contribution in [2.75, 3.05) is 33.2 Å². The summed E-state index contributed by atoms with van der Waals surface area (Å²) >= 11 is 0. The van der Waals surface area contributed by atoms with Gasteiger partial charge in [0.25, 0.3) is 5.91 Å². The molecule has 20 heavy (non-hydrogen) atoms. The minimum absolute atomic E-state index is 0.0473. The molecular weight excluding hydrogens is 250 g/mol. The first-order valence-corrected chi connectivity index (χ1v) is 7.08. The maximum absolute atomic E-state index is 12.5.